The van der Waals surface area contributed by atoms with Gasteiger partial charge in [-0.15, -0.1) is 6.58 Å². The minimum Gasteiger partial charge on any atom is -0.484 e. The minimum atomic E-state index is -0.995. The number of hydrogen-bond acceptors (Lipinski definition) is 7. The van der Waals surface area contributed by atoms with E-state index < -0.39 is 29.9 Å². The third-order valence-electron chi connectivity index (χ3n) is 6.99. The molecule has 0 aliphatic carbocycles. The highest BCUT2D eigenvalue weighted by Crippen LogP contribution is 2.28. The Morgan fingerprint density at radius 3 is 2.49 bits per heavy atom. The summed E-state index contributed by atoms with van der Waals surface area (Å²) in [5.41, 5.74) is 13.6. The Kier molecular flexibility index (Phi) is 15.1. The Morgan fingerprint density at radius 2 is 1.89 bits per heavy atom. The van der Waals surface area contributed by atoms with Crippen LogP contribution < -0.4 is 26.8 Å². The topological polar surface area (TPSA) is 187 Å². The molecule has 0 spiro atoms. The number of nitrogens with zero attached hydrogens (tertiary/aromatic N) is 2. The zero-order chi connectivity index (χ0) is 33.2. The molecule has 2 amide bonds. The average molecular weight is 622 g/mol. The molecule has 0 unspecified atom stereocenters. The van der Waals surface area contributed by atoms with Crippen molar-refractivity contribution < 1.29 is 23.9 Å². The molecule has 1 aromatic heterocycles. The number of benzene rings is 1. The lowest BCUT2D eigenvalue weighted by Crippen LogP contribution is -2.53. The van der Waals surface area contributed by atoms with E-state index in [1.807, 2.05) is 24.3 Å². The molecule has 7 N–H and O–H groups in total. The number of amides is 2. The van der Waals surface area contributed by atoms with Gasteiger partial charge in [-0.2, -0.15) is 0 Å². The van der Waals surface area contributed by atoms with E-state index in [1.165, 1.54) is 19.0 Å². The second kappa shape index (κ2) is 18.7. The number of esters is 1. The van der Waals surface area contributed by atoms with Gasteiger partial charge < -0.3 is 36.6 Å². The van der Waals surface area contributed by atoms with Gasteiger partial charge in [0.1, 0.15) is 17.8 Å². The maximum atomic E-state index is 13.2. The van der Waals surface area contributed by atoms with Crippen LogP contribution in [0.5, 0.6) is 5.75 Å². The van der Waals surface area contributed by atoms with Crippen LogP contribution in [0.15, 0.2) is 72.2 Å². The van der Waals surface area contributed by atoms with Crippen LogP contribution in [0.2, 0.25) is 0 Å². The SMILES string of the molecule is C=C[C@@](C)(/C=C\c1ccc(OCC(=O)N[C@@H](CCCN=C(N)N)C(=O)N[C@@H](Cc2cnc[nH]2)C(=O)OC)cc1)CCC=C(C)C. The van der Waals surface area contributed by atoms with Crippen molar-refractivity contribution in [3.63, 3.8) is 0 Å². The number of aromatic amines is 1. The highest BCUT2D eigenvalue weighted by atomic mass is 16.5. The number of nitrogens with one attached hydrogen (secondary N) is 3. The summed E-state index contributed by atoms with van der Waals surface area (Å²) >= 11 is 0. The van der Waals surface area contributed by atoms with Gasteiger partial charge in [0, 0.05) is 30.3 Å². The maximum Gasteiger partial charge on any atom is 0.328 e. The number of nitrogens with two attached hydrogens (primary N) is 2. The van der Waals surface area contributed by atoms with Gasteiger partial charge in [0.25, 0.3) is 5.91 Å². The lowest BCUT2D eigenvalue weighted by molar-refractivity contribution is -0.145. The number of imidazole rings is 1. The smallest absolute Gasteiger partial charge is 0.328 e. The molecule has 12 heteroatoms. The van der Waals surface area contributed by atoms with E-state index in [-0.39, 0.29) is 37.4 Å². The normalized spacial score (nSPS) is 13.5. The van der Waals surface area contributed by atoms with Gasteiger partial charge in [-0.3, -0.25) is 14.6 Å². The Balaban J connectivity index is 2.01. The standard InChI is InChI=1S/C33H47N7O5/c1-6-33(4,16-7-9-23(2)3)17-15-24-11-13-26(14-12-24)45-21-29(41)39-27(10-8-18-37-32(34)35)30(42)40-28(31(43)44-5)19-25-20-36-22-38-25/h6,9,11-15,17,20,22,27-28H,1,7-8,10,16,18-19,21H2,2-5H3,(H,36,38)(H,39,41)(H,40,42)(H4,34,35,37)/b17-15-/t27-,28-,33+/m0/s1. The highest BCUT2D eigenvalue weighted by Gasteiger charge is 2.28. The average Bonchev–Trinajstić information content (AvgIpc) is 3.53. The summed E-state index contributed by atoms with van der Waals surface area (Å²) in [7, 11) is 1.23. The summed E-state index contributed by atoms with van der Waals surface area (Å²) < 4.78 is 10.5. The maximum absolute atomic E-state index is 13.2. The Morgan fingerprint density at radius 1 is 1.16 bits per heavy atom. The number of guanidine groups is 1. The number of H-pyrrole nitrogens is 1. The fourth-order valence-electron chi connectivity index (χ4n) is 4.27. The molecule has 0 radical (unpaired) electrons. The van der Waals surface area contributed by atoms with E-state index in [0.717, 1.165) is 18.4 Å². The molecule has 12 nitrogen and oxygen atoms in total. The van der Waals surface area contributed by atoms with Crippen molar-refractivity contribution in [1.82, 2.24) is 20.6 Å². The van der Waals surface area contributed by atoms with Gasteiger partial charge in [0.2, 0.25) is 5.91 Å². The number of methoxy groups -OCH3 is 1. The molecule has 0 saturated carbocycles. The molecule has 2 rings (SSSR count). The van der Waals surface area contributed by atoms with Crippen LogP contribution in [0.4, 0.5) is 0 Å². The first-order valence-corrected chi connectivity index (χ1v) is 14.8. The van der Waals surface area contributed by atoms with Crippen molar-refractivity contribution in [2.75, 3.05) is 20.3 Å². The van der Waals surface area contributed by atoms with Gasteiger partial charge >= 0.3 is 5.97 Å². The van der Waals surface area contributed by atoms with Crippen LogP contribution in [0, 0.1) is 5.41 Å². The van der Waals surface area contributed by atoms with Crippen molar-refractivity contribution in [3.8, 4) is 5.75 Å². The summed E-state index contributed by atoms with van der Waals surface area (Å²) in [6.45, 7) is 10.3. The monoisotopic (exact) mass is 621 g/mol. The first-order chi connectivity index (χ1) is 21.4. The molecule has 45 heavy (non-hydrogen) atoms. The van der Waals surface area contributed by atoms with Crippen LogP contribution >= 0.6 is 0 Å². The van der Waals surface area contributed by atoms with Crippen molar-refractivity contribution in [2.45, 2.75) is 65.0 Å². The summed E-state index contributed by atoms with van der Waals surface area (Å²) in [4.78, 5) is 49.2. The molecule has 244 valence electrons. The van der Waals surface area contributed by atoms with Gasteiger partial charge in [-0.25, -0.2) is 9.78 Å². The molecule has 1 aromatic carbocycles. The second-order valence-corrected chi connectivity index (χ2v) is 11.2. The van der Waals surface area contributed by atoms with Crippen molar-refractivity contribution in [3.05, 3.63) is 78.4 Å². The van der Waals surface area contributed by atoms with E-state index in [2.05, 4.69) is 65.1 Å². The van der Waals surface area contributed by atoms with Gasteiger partial charge in [-0.05, 0) is 57.2 Å². The van der Waals surface area contributed by atoms with E-state index in [9.17, 15) is 14.4 Å². The molecule has 1 heterocycles. The zero-order valence-electron chi connectivity index (χ0n) is 26.7. The highest BCUT2D eigenvalue weighted by molar-refractivity contribution is 5.91. The van der Waals surface area contributed by atoms with Crippen LogP contribution in [0.25, 0.3) is 6.08 Å². The van der Waals surface area contributed by atoms with Crippen LogP contribution in [0.3, 0.4) is 0 Å². The van der Waals surface area contributed by atoms with E-state index in [1.54, 1.807) is 18.3 Å². The predicted octanol–water partition coefficient (Wildman–Crippen LogP) is 3.18. The van der Waals surface area contributed by atoms with Gasteiger partial charge in [0.15, 0.2) is 12.6 Å². The largest absolute Gasteiger partial charge is 0.484 e. The summed E-state index contributed by atoms with van der Waals surface area (Å²) in [5, 5.41) is 5.36. The zero-order valence-corrected chi connectivity index (χ0v) is 26.7. The number of carbonyl (C=O) groups is 3. The number of aromatic nitrogens is 2. The quantitative estimate of drug-likeness (QED) is 0.0520. The molecule has 3 atom stereocenters. The Labute approximate surface area is 265 Å². The summed E-state index contributed by atoms with van der Waals surface area (Å²) in [6, 6.07) is 5.37. The predicted molar refractivity (Wildman–Crippen MR) is 176 cm³/mol. The third-order valence-corrected chi connectivity index (χ3v) is 6.99. The van der Waals surface area contributed by atoms with E-state index in [4.69, 9.17) is 20.9 Å². The third kappa shape index (κ3) is 14.0. The van der Waals surface area contributed by atoms with Crippen LogP contribution in [0.1, 0.15) is 57.7 Å². The minimum absolute atomic E-state index is 0.0746. The number of ether oxygens (including phenoxy) is 2. The molecular formula is C33H47N7O5. The fraction of sp³-hybridized carbons (Fsp3) is 0.424. The van der Waals surface area contributed by atoms with Crippen molar-refractivity contribution in [2.24, 2.45) is 21.9 Å². The van der Waals surface area contributed by atoms with Crippen LogP contribution in [-0.4, -0.2) is 66.1 Å². The van der Waals surface area contributed by atoms with Gasteiger partial charge in [-0.1, -0.05) is 48.9 Å². The van der Waals surface area contributed by atoms with E-state index in [0.29, 0.717) is 17.9 Å². The first-order valence-electron chi connectivity index (χ1n) is 14.8. The molecular weight excluding hydrogens is 574 g/mol. The summed E-state index contributed by atoms with van der Waals surface area (Å²) in [6.07, 6.45) is 14.0. The number of allylic oxidation sites excluding steroid dienone is 4. The second-order valence-electron chi connectivity index (χ2n) is 11.2. The van der Waals surface area contributed by atoms with E-state index >= 15 is 0 Å². The fourth-order valence-corrected chi connectivity index (χ4v) is 4.27. The number of aliphatic imine (C=N–C) groups is 1. The Hall–Kier alpha value is -4.87. The number of rotatable bonds is 19. The Bertz CT molecular complexity index is 1330. The molecule has 0 saturated heterocycles. The summed E-state index contributed by atoms with van der Waals surface area (Å²) in [5.74, 6) is -1.29. The lowest BCUT2D eigenvalue weighted by atomic mass is 9.84. The molecule has 2 aromatic rings. The van der Waals surface area contributed by atoms with Crippen LogP contribution in [-0.2, 0) is 25.5 Å². The van der Waals surface area contributed by atoms with Crippen molar-refractivity contribution >= 4 is 29.8 Å². The first kappa shape index (κ1) is 36.3. The molecule has 0 aliphatic rings. The number of carbonyl (C=O) groups excluding carboxylic acids is 3. The molecule has 0 aliphatic heterocycles. The van der Waals surface area contributed by atoms with Crippen molar-refractivity contribution in [1.29, 1.82) is 0 Å². The van der Waals surface area contributed by atoms with Gasteiger partial charge in [0.05, 0.1) is 13.4 Å². The lowest BCUT2D eigenvalue weighted by Gasteiger charge is -2.22. The molecule has 0 fully saturated rings. The number of hydrogen-bond donors (Lipinski definition) is 5. The molecule has 0 bridgehead atoms.